The summed E-state index contributed by atoms with van der Waals surface area (Å²) in [7, 11) is 0. The zero-order valence-corrected chi connectivity index (χ0v) is 18.1. The molecule has 4 rings (SSSR count). The van der Waals surface area contributed by atoms with Gasteiger partial charge in [0, 0.05) is 29.2 Å². The number of hydrogen-bond donors (Lipinski definition) is 2. The summed E-state index contributed by atoms with van der Waals surface area (Å²) in [5, 5.41) is 4.93. The van der Waals surface area contributed by atoms with Crippen molar-refractivity contribution in [3.63, 3.8) is 0 Å². The van der Waals surface area contributed by atoms with Crippen molar-refractivity contribution in [1.29, 1.82) is 0 Å². The first-order valence-corrected chi connectivity index (χ1v) is 10.3. The molecular formula is C24H31ClN2O2. The third kappa shape index (κ3) is 5.91. The van der Waals surface area contributed by atoms with E-state index in [-0.39, 0.29) is 17.9 Å². The lowest BCUT2D eigenvalue weighted by molar-refractivity contribution is 0.250. The monoisotopic (exact) mass is 414 g/mol. The van der Waals surface area contributed by atoms with E-state index in [0.29, 0.717) is 6.61 Å². The van der Waals surface area contributed by atoms with Crippen molar-refractivity contribution >= 4 is 23.3 Å². The summed E-state index contributed by atoms with van der Waals surface area (Å²) in [6.07, 6.45) is 5.66. The van der Waals surface area contributed by atoms with Crippen LogP contribution in [0.5, 0.6) is 11.5 Å². The van der Waals surface area contributed by atoms with Crippen molar-refractivity contribution in [3.8, 4) is 11.5 Å². The lowest BCUT2D eigenvalue weighted by Crippen LogP contribution is -2.43. The molecule has 0 aliphatic heterocycles. The van der Waals surface area contributed by atoms with Crippen LogP contribution in [0.2, 0.25) is 0 Å². The first-order valence-electron chi connectivity index (χ1n) is 10.3. The van der Waals surface area contributed by atoms with Gasteiger partial charge in [-0.15, -0.1) is 12.4 Å². The van der Waals surface area contributed by atoms with Gasteiger partial charge in [-0.1, -0.05) is 30.3 Å². The second kappa shape index (κ2) is 9.55. The Balaban J connectivity index is 0.00000240. The fraction of sp³-hybridized carbons (Fsp3) is 0.417. The fourth-order valence-electron chi connectivity index (χ4n) is 3.55. The Morgan fingerprint density at radius 3 is 2.45 bits per heavy atom. The van der Waals surface area contributed by atoms with Crippen LogP contribution < -0.4 is 14.8 Å². The normalized spacial score (nSPS) is 13.9. The second-order valence-corrected chi connectivity index (χ2v) is 8.40. The van der Waals surface area contributed by atoms with Gasteiger partial charge in [0.2, 0.25) is 0 Å². The molecule has 0 bridgehead atoms. The number of H-pyrrole nitrogens is 1. The number of rotatable bonds is 10. The quantitative estimate of drug-likeness (QED) is 0.438. The molecule has 1 aromatic heterocycles. The largest absolute Gasteiger partial charge is 0.489 e. The van der Waals surface area contributed by atoms with Crippen molar-refractivity contribution in [2.24, 2.45) is 5.92 Å². The fourth-order valence-corrected chi connectivity index (χ4v) is 3.55. The zero-order chi connectivity index (χ0) is 19.4. The SMILES string of the molecule is CC(C)(Cc1c[nH]c2ccccc12)NCCOc1ccccc1OCC1CC1.Cl. The van der Waals surface area contributed by atoms with E-state index in [4.69, 9.17) is 9.47 Å². The average molecular weight is 415 g/mol. The Kier molecular flexibility index (Phi) is 7.09. The zero-order valence-electron chi connectivity index (χ0n) is 17.2. The molecule has 5 heteroatoms. The maximum absolute atomic E-state index is 6.00. The molecule has 0 saturated heterocycles. The molecule has 1 fully saturated rings. The number of hydrogen-bond acceptors (Lipinski definition) is 3. The number of ether oxygens (including phenoxy) is 2. The summed E-state index contributed by atoms with van der Waals surface area (Å²) < 4.78 is 11.9. The van der Waals surface area contributed by atoms with Gasteiger partial charge >= 0.3 is 0 Å². The highest BCUT2D eigenvalue weighted by atomic mass is 35.5. The lowest BCUT2D eigenvalue weighted by Gasteiger charge is -2.26. The van der Waals surface area contributed by atoms with Gasteiger partial charge in [-0.2, -0.15) is 0 Å². The van der Waals surface area contributed by atoms with Gasteiger partial charge in [0.1, 0.15) is 6.61 Å². The predicted octanol–water partition coefficient (Wildman–Crippen LogP) is 5.37. The minimum absolute atomic E-state index is 0. The molecule has 2 N–H and O–H groups in total. The Morgan fingerprint density at radius 1 is 1.00 bits per heavy atom. The van der Waals surface area contributed by atoms with Gasteiger partial charge in [-0.3, -0.25) is 0 Å². The van der Waals surface area contributed by atoms with Crippen LogP contribution in [0.15, 0.2) is 54.7 Å². The number of aromatic nitrogens is 1. The second-order valence-electron chi connectivity index (χ2n) is 8.40. The molecular weight excluding hydrogens is 384 g/mol. The summed E-state index contributed by atoms with van der Waals surface area (Å²) in [5.41, 5.74) is 2.52. The van der Waals surface area contributed by atoms with Gasteiger partial charge < -0.3 is 19.8 Å². The molecule has 156 valence electrons. The Morgan fingerprint density at radius 2 is 1.69 bits per heavy atom. The van der Waals surface area contributed by atoms with Crippen LogP contribution in [0, 0.1) is 5.92 Å². The molecule has 29 heavy (non-hydrogen) atoms. The van der Waals surface area contributed by atoms with E-state index in [1.165, 1.54) is 29.3 Å². The first kappa shape index (κ1) is 21.5. The van der Waals surface area contributed by atoms with E-state index in [1.807, 2.05) is 24.3 Å². The molecule has 1 aliphatic carbocycles. The van der Waals surface area contributed by atoms with E-state index < -0.39 is 0 Å². The minimum Gasteiger partial charge on any atom is -0.489 e. The highest BCUT2D eigenvalue weighted by Crippen LogP contribution is 2.32. The molecule has 0 amide bonds. The number of aromatic amines is 1. The van der Waals surface area contributed by atoms with Crippen LogP contribution in [-0.4, -0.2) is 30.3 Å². The van der Waals surface area contributed by atoms with Crippen molar-refractivity contribution in [1.82, 2.24) is 10.3 Å². The predicted molar refractivity (Wildman–Crippen MR) is 121 cm³/mol. The van der Waals surface area contributed by atoms with Gasteiger partial charge in [0.25, 0.3) is 0 Å². The minimum atomic E-state index is -0.0175. The molecule has 4 nitrogen and oxygen atoms in total. The van der Waals surface area contributed by atoms with E-state index in [1.54, 1.807) is 0 Å². The highest BCUT2D eigenvalue weighted by Gasteiger charge is 2.22. The van der Waals surface area contributed by atoms with Crippen LogP contribution >= 0.6 is 12.4 Å². The maximum Gasteiger partial charge on any atom is 0.161 e. The van der Waals surface area contributed by atoms with E-state index in [2.05, 4.69) is 54.6 Å². The van der Waals surface area contributed by atoms with Gasteiger partial charge in [-0.05, 0) is 62.8 Å². The number of fused-ring (bicyclic) bond motifs is 1. The van der Waals surface area contributed by atoms with E-state index in [0.717, 1.165) is 37.0 Å². The van der Waals surface area contributed by atoms with Crippen LogP contribution in [0.3, 0.4) is 0 Å². The average Bonchev–Trinajstić information content (AvgIpc) is 3.45. The third-order valence-corrected chi connectivity index (χ3v) is 5.29. The molecule has 1 aliphatic rings. The van der Waals surface area contributed by atoms with E-state index in [9.17, 15) is 0 Å². The van der Waals surface area contributed by atoms with Gasteiger partial charge in [0.15, 0.2) is 11.5 Å². The summed E-state index contributed by atoms with van der Waals surface area (Å²) in [5.74, 6) is 2.42. The highest BCUT2D eigenvalue weighted by molar-refractivity contribution is 5.85. The van der Waals surface area contributed by atoms with Crippen LogP contribution in [-0.2, 0) is 6.42 Å². The molecule has 0 spiro atoms. The summed E-state index contributed by atoms with van der Waals surface area (Å²) >= 11 is 0. The molecule has 1 saturated carbocycles. The molecule has 0 unspecified atom stereocenters. The number of nitrogens with one attached hydrogen (secondary N) is 2. The Hall–Kier alpha value is -2.17. The first-order chi connectivity index (χ1) is 13.6. The Labute approximate surface area is 179 Å². The molecule has 2 aromatic carbocycles. The molecule has 0 radical (unpaired) electrons. The van der Waals surface area contributed by atoms with Crippen molar-refractivity contribution < 1.29 is 9.47 Å². The topological polar surface area (TPSA) is 46.3 Å². The number of benzene rings is 2. The number of halogens is 1. The summed E-state index contributed by atoms with van der Waals surface area (Å²) in [6.45, 7) is 6.67. The van der Waals surface area contributed by atoms with Gasteiger partial charge in [-0.25, -0.2) is 0 Å². The molecule has 3 aromatic rings. The van der Waals surface area contributed by atoms with Gasteiger partial charge in [0.05, 0.1) is 6.61 Å². The van der Waals surface area contributed by atoms with Crippen molar-refractivity contribution in [2.45, 2.75) is 38.6 Å². The summed E-state index contributed by atoms with van der Waals surface area (Å²) in [4.78, 5) is 3.36. The summed E-state index contributed by atoms with van der Waals surface area (Å²) in [6, 6.07) is 16.4. The van der Waals surface area contributed by atoms with Crippen LogP contribution in [0.1, 0.15) is 32.3 Å². The van der Waals surface area contributed by atoms with Crippen LogP contribution in [0.25, 0.3) is 10.9 Å². The smallest absolute Gasteiger partial charge is 0.161 e. The lowest BCUT2D eigenvalue weighted by atomic mass is 9.94. The maximum atomic E-state index is 6.00. The third-order valence-electron chi connectivity index (χ3n) is 5.29. The van der Waals surface area contributed by atoms with Crippen LogP contribution in [0.4, 0.5) is 0 Å². The standard InChI is InChI=1S/C24H30N2O2.ClH/c1-24(2,15-19-16-25-21-8-4-3-7-20(19)21)26-13-14-27-22-9-5-6-10-23(22)28-17-18-11-12-18;/h3-10,16,18,25-26H,11-15,17H2,1-2H3;1H. The van der Waals surface area contributed by atoms with Crippen molar-refractivity contribution in [2.75, 3.05) is 19.8 Å². The number of para-hydroxylation sites is 3. The van der Waals surface area contributed by atoms with Crippen molar-refractivity contribution in [3.05, 3.63) is 60.3 Å². The molecule has 0 atom stereocenters. The Bertz CT molecular complexity index is 918. The molecule has 1 heterocycles. The van der Waals surface area contributed by atoms with E-state index >= 15 is 0 Å².